The van der Waals surface area contributed by atoms with Gasteiger partial charge >= 0.3 is 0 Å². The van der Waals surface area contributed by atoms with Gasteiger partial charge in [0.1, 0.15) is 0 Å². The van der Waals surface area contributed by atoms with Crippen LogP contribution in [0.5, 0.6) is 0 Å². The van der Waals surface area contributed by atoms with Gasteiger partial charge in [-0.2, -0.15) is 0 Å². The normalized spacial score (nSPS) is 20.6. The second-order valence-electron chi connectivity index (χ2n) is 2.81. The van der Waals surface area contributed by atoms with E-state index in [-0.39, 0.29) is 0 Å². The van der Waals surface area contributed by atoms with E-state index in [4.69, 9.17) is 0 Å². The van der Waals surface area contributed by atoms with E-state index in [1.165, 1.54) is 5.57 Å². The molecule has 2 heteroatoms. The molecule has 1 saturated carbocycles. The van der Waals surface area contributed by atoms with Crippen LogP contribution in [0.2, 0.25) is 0 Å². The Hall–Kier alpha value is -0.790. The van der Waals surface area contributed by atoms with Gasteiger partial charge in [-0.05, 0) is 25.7 Å². The van der Waals surface area contributed by atoms with E-state index < -0.39 is 0 Å². The van der Waals surface area contributed by atoms with Crippen molar-refractivity contribution >= 4 is 6.41 Å². The van der Waals surface area contributed by atoms with Crippen molar-refractivity contribution in [3.8, 4) is 0 Å². The molecule has 1 rings (SSSR count). The van der Waals surface area contributed by atoms with Gasteiger partial charge in [0.15, 0.2) is 0 Å². The summed E-state index contributed by atoms with van der Waals surface area (Å²) in [5, 5.41) is 2.78. The predicted molar refractivity (Wildman–Crippen MR) is 40.6 cm³/mol. The smallest absolute Gasteiger partial charge is 0.207 e. The number of carbonyl (C=O) groups excluding carboxylic acids is 1. The molecular formula is C8H13NO. The Kier molecular flexibility index (Phi) is 2.49. The van der Waals surface area contributed by atoms with Gasteiger partial charge in [0.25, 0.3) is 0 Å². The van der Waals surface area contributed by atoms with E-state index in [0.29, 0.717) is 6.04 Å². The molecule has 0 aromatic carbocycles. The topological polar surface area (TPSA) is 29.1 Å². The Balaban J connectivity index is 2.25. The minimum absolute atomic E-state index is 0.406. The van der Waals surface area contributed by atoms with Crippen molar-refractivity contribution in [2.45, 2.75) is 31.7 Å². The zero-order chi connectivity index (χ0) is 7.40. The maximum Gasteiger partial charge on any atom is 0.207 e. The van der Waals surface area contributed by atoms with Gasteiger partial charge in [-0.25, -0.2) is 0 Å². The molecule has 0 aromatic rings. The van der Waals surface area contributed by atoms with Crippen LogP contribution in [-0.4, -0.2) is 12.5 Å². The summed E-state index contributed by atoms with van der Waals surface area (Å²) in [6.07, 6.45) is 5.07. The maximum absolute atomic E-state index is 10.0. The average Bonchev–Trinajstić information content (AvgIpc) is 1.95. The first-order valence-corrected chi connectivity index (χ1v) is 3.69. The van der Waals surface area contributed by atoms with E-state index in [9.17, 15) is 4.79 Å². The van der Waals surface area contributed by atoms with Gasteiger partial charge in [-0.3, -0.25) is 4.79 Å². The number of nitrogens with one attached hydrogen (secondary N) is 1. The van der Waals surface area contributed by atoms with Gasteiger partial charge in [-0.15, -0.1) is 0 Å². The molecule has 0 aliphatic heterocycles. The molecule has 0 radical (unpaired) electrons. The second-order valence-corrected chi connectivity index (χ2v) is 2.81. The van der Waals surface area contributed by atoms with E-state index in [0.717, 1.165) is 32.1 Å². The number of amides is 1. The van der Waals surface area contributed by atoms with Gasteiger partial charge < -0.3 is 5.32 Å². The minimum Gasteiger partial charge on any atom is -0.356 e. The van der Waals surface area contributed by atoms with E-state index in [1.807, 2.05) is 0 Å². The summed E-state index contributed by atoms with van der Waals surface area (Å²) >= 11 is 0. The van der Waals surface area contributed by atoms with Crippen molar-refractivity contribution in [3.05, 3.63) is 12.2 Å². The molecule has 0 saturated heterocycles. The lowest BCUT2D eigenvalue weighted by Crippen LogP contribution is -2.29. The Morgan fingerprint density at radius 2 is 2.10 bits per heavy atom. The third-order valence-corrected chi connectivity index (χ3v) is 2.00. The van der Waals surface area contributed by atoms with Crippen LogP contribution in [0.25, 0.3) is 0 Å². The summed E-state index contributed by atoms with van der Waals surface area (Å²) in [7, 11) is 0. The Morgan fingerprint density at radius 1 is 1.50 bits per heavy atom. The fourth-order valence-corrected chi connectivity index (χ4v) is 1.29. The van der Waals surface area contributed by atoms with Crippen LogP contribution >= 0.6 is 0 Å². The van der Waals surface area contributed by atoms with E-state index >= 15 is 0 Å². The molecule has 0 bridgehead atoms. The zero-order valence-corrected chi connectivity index (χ0v) is 6.10. The molecule has 0 aromatic heterocycles. The second kappa shape index (κ2) is 3.40. The molecule has 0 spiro atoms. The molecule has 1 fully saturated rings. The van der Waals surface area contributed by atoms with Crippen molar-refractivity contribution in [2.75, 3.05) is 0 Å². The quantitative estimate of drug-likeness (QED) is 0.452. The molecule has 56 valence electrons. The van der Waals surface area contributed by atoms with Gasteiger partial charge in [0.2, 0.25) is 6.41 Å². The lowest BCUT2D eigenvalue weighted by molar-refractivity contribution is -0.110. The largest absolute Gasteiger partial charge is 0.356 e. The molecule has 1 N–H and O–H groups in total. The summed E-state index contributed by atoms with van der Waals surface area (Å²) in [4.78, 5) is 10.0. The van der Waals surface area contributed by atoms with Crippen LogP contribution in [0.4, 0.5) is 0 Å². The molecule has 1 aliphatic carbocycles. The summed E-state index contributed by atoms with van der Waals surface area (Å²) < 4.78 is 0. The van der Waals surface area contributed by atoms with Crippen molar-refractivity contribution in [3.63, 3.8) is 0 Å². The Bertz CT molecular complexity index is 132. The van der Waals surface area contributed by atoms with Crippen LogP contribution in [0, 0.1) is 0 Å². The number of carbonyl (C=O) groups is 1. The molecule has 0 unspecified atom stereocenters. The van der Waals surface area contributed by atoms with Gasteiger partial charge in [0, 0.05) is 6.04 Å². The molecule has 0 heterocycles. The van der Waals surface area contributed by atoms with E-state index in [2.05, 4.69) is 11.9 Å². The molecule has 1 aliphatic rings. The molecule has 10 heavy (non-hydrogen) atoms. The number of allylic oxidation sites excluding steroid dienone is 1. The first-order chi connectivity index (χ1) is 4.83. The fourth-order valence-electron chi connectivity index (χ4n) is 1.29. The van der Waals surface area contributed by atoms with Crippen molar-refractivity contribution in [2.24, 2.45) is 0 Å². The molecule has 0 atom stereocenters. The molecule has 2 nitrogen and oxygen atoms in total. The first-order valence-electron chi connectivity index (χ1n) is 3.69. The molecule has 1 amide bonds. The van der Waals surface area contributed by atoms with Crippen molar-refractivity contribution in [1.29, 1.82) is 0 Å². The highest BCUT2D eigenvalue weighted by Crippen LogP contribution is 2.21. The highest BCUT2D eigenvalue weighted by atomic mass is 16.1. The van der Waals surface area contributed by atoms with Crippen LogP contribution < -0.4 is 5.32 Å². The summed E-state index contributed by atoms with van der Waals surface area (Å²) in [6, 6.07) is 0.406. The highest BCUT2D eigenvalue weighted by molar-refractivity contribution is 5.46. The van der Waals surface area contributed by atoms with Crippen molar-refractivity contribution < 1.29 is 4.79 Å². The number of rotatable bonds is 2. The number of hydrogen-bond acceptors (Lipinski definition) is 1. The first kappa shape index (κ1) is 7.32. The lowest BCUT2D eigenvalue weighted by Gasteiger charge is -2.22. The van der Waals surface area contributed by atoms with Gasteiger partial charge in [0.05, 0.1) is 0 Å². The highest BCUT2D eigenvalue weighted by Gasteiger charge is 2.13. The predicted octanol–water partition coefficient (Wildman–Crippen LogP) is 1.23. The zero-order valence-electron chi connectivity index (χ0n) is 6.10. The Morgan fingerprint density at radius 3 is 2.60 bits per heavy atom. The maximum atomic E-state index is 10.0. The standard InChI is InChI=1S/C8H13NO/c1-7-2-4-8(5-3-7)9-6-10/h6,8H,1-5H2,(H,9,10). The number of hydrogen-bond donors (Lipinski definition) is 1. The lowest BCUT2D eigenvalue weighted by atomic mass is 9.92. The SMILES string of the molecule is C=C1CCC(NC=O)CC1. The van der Waals surface area contributed by atoms with Crippen LogP contribution in [0.15, 0.2) is 12.2 Å². The third kappa shape index (κ3) is 1.87. The summed E-state index contributed by atoms with van der Waals surface area (Å²) in [5.41, 5.74) is 1.32. The van der Waals surface area contributed by atoms with Crippen LogP contribution in [-0.2, 0) is 4.79 Å². The summed E-state index contributed by atoms with van der Waals surface area (Å²) in [6.45, 7) is 3.89. The van der Waals surface area contributed by atoms with Crippen LogP contribution in [0.1, 0.15) is 25.7 Å². The van der Waals surface area contributed by atoms with Crippen LogP contribution in [0.3, 0.4) is 0 Å². The minimum atomic E-state index is 0.406. The van der Waals surface area contributed by atoms with Gasteiger partial charge in [-0.1, -0.05) is 12.2 Å². The van der Waals surface area contributed by atoms with E-state index in [1.54, 1.807) is 0 Å². The fraction of sp³-hybridized carbons (Fsp3) is 0.625. The van der Waals surface area contributed by atoms with Crippen molar-refractivity contribution in [1.82, 2.24) is 5.32 Å². The average molecular weight is 139 g/mol. The third-order valence-electron chi connectivity index (χ3n) is 2.00. The monoisotopic (exact) mass is 139 g/mol. The summed E-state index contributed by atoms with van der Waals surface area (Å²) in [5.74, 6) is 0. The Labute approximate surface area is 61.3 Å². The molecular weight excluding hydrogens is 126 g/mol.